The molecule has 0 aliphatic carbocycles. The number of nitrogen functional groups attached to an aromatic ring is 1. The number of ether oxygens (including phenoxy) is 1. The van der Waals surface area contributed by atoms with Crippen LogP contribution in [-0.4, -0.2) is 24.1 Å². The first-order chi connectivity index (χ1) is 8.70. The van der Waals surface area contributed by atoms with Crippen molar-refractivity contribution in [3.63, 3.8) is 0 Å². The lowest BCUT2D eigenvalue weighted by Gasteiger charge is -2.07. The fraction of sp³-hybridized carbons (Fsp3) is 0.538. The van der Waals surface area contributed by atoms with Gasteiger partial charge in [-0.3, -0.25) is 4.79 Å². The Bertz CT molecular complexity index is 369. The van der Waals surface area contributed by atoms with Crippen LogP contribution in [0.1, 0.15) is 32.6 Å². The summed E-state index contributed by atoms with van der Waals surface area (Å²) in [6.45, 7) is 2.81. The number of aromatic nitrogens is 1. The second-order valence-electron chi connectivity index (χ2n) is 4.12. The summed E-state index contributed by atoms with van der Waals surface area (Å²) in [5, 5.41) is 3.20. The molecule has 0 radical (unpaired) electrons. The SMILES string of the molecule is CC(=O)OCCCCCCNc1ncccc1N. The number of hydrogen-bond acceptors (Lipinski definition) is 5. The average Bonchev–Trinajstić information content (AvgIpc) is 2.34. The van der Waals surface area contributed by atoms with E-state index < -0.39 is 0 Å². The van der Waals surface area contributed by atoms with Crippen molar-refractivity contribution in [3.8, 4) is 0 Å². The van der Waals surface area contributed by atoms with E-state index in [1.54, 1.807) is 6.20 Å². The predicted molar refractivity (Wildman–Crippen MR) is 72.2 cm³/mol. The van der Waals surface area contributed by atoms with Crippen molar-refractivity contribution < 1.29 is 9.53 Å². The van der Waals surface area contributed by atoms with Gasteiger partial charge >= 0.3 is 5.97 Å². The number of hydrogen-bond donors (Lipinski definition) is 2. The quantitative estimate of drug-likeness (QED) is 0.547. The van der Waals surface area contributed by atoms with Gasteiger partial charge in [-0.15, -0.1) is 0 Å². The third-order valence-corrected chi connectivity index (χ3v) is 2.51. The van der Waals surface area contributed by atoms with E-state index in [1.165, 1.54) is 6.92 Å². The maximum absolute atomic E-state index is 10.5. The number of unbranched alkanes of at least 4 members (excludes halogenated alkanes) is 3. The lowest BCUT2D eigenvalue weighted by molar-refractivity contribution is -0.141. The van der Waals surface area contributed by atoms with Gasteiger partial charge < -0.3 is 15.8 Å². The summed E-state index contributed by atoms with van der Waals surface area (Å²) < 4.78 is 4.85. The number of nitrogens with zero attached hydrogens (tertiary/aromatic N) is 1. The second kappa shape index (κ2) is 8.33. The molecule has 18 heavy (non-hydrogen) atoms. The zero-order valence-corrected chi connectivity index (χ0v) is 10.8. The van der Waals surface area contributed by atoms with E-state index in [4.69, 9.17) is 10.5 Å². The molecule has 0 atom stereocenters. The number of carbonyl (C=O) groups is 1. The zero-order chi connectivity index (χ0) is 13.2. The minimum atomic E-state index is -0.206. The zero-order valence-electron chi connectivity index (χ0n) is 10.8. The van der Waals surface area contributed by atoms with Crippen LogP contribution in [0.5, 0.6) is 0 Å². The molecule has 0 saturated heterocycles. The van der Waals surface area contributed by atoms with Crippen molar-refractivity contribution in [2.45, 2.75) is 32.6 Å². The number of anilines is 2. The minimum Gasteiger partial charge on any atom is -0.466 e. The molecule has 100 valence electrons. The van der Waals surface area contributed by atoms with E-state index >= 15 is 0 Å². The molecule has 0 amide bonds. The average molecular weight is 251 g/mol. The predicted octanol–water partition coefficient (Wildman–Crippen LogP) is 2.20. The molecule has 3 N–H and O–H groups in total. The summed E-state index contributed by atoms with van der Waals surface area (Å²) in [6.07, 6.45) is 5.85. The summed E-state index contributed by atoms with van der Waals surface area (Å²) in [5.41, 5.74) is 6.43. The van der Waals surface area contributed by atoms with Gasteiger partial charge in [0.1, 0.15) is 5.82 Å². The molecule has 0 aliphatic rings. The van der Waals surface area contributed by atoms with Crippen LogP contribution in [0.4, 0.5) is 11.5 Å². The highest BCUT2D eigenvalue weighted by molar-refractivity contribution is 5.65. The van der Waals surface area contributed by atoms with Gasteiger partial charge in [0.05, 0.1) is 12.3 Å². The topological polar surface area (TPSA) is 77.2 Å². The molecule has 0 unspecified atom stereocenters. The maximum atomic E-state index is 10.5. The molecule has 0 saturated carbocycles. The Balaban J connectivity index is 1.99. The van der Waals surface area contributed by atoms with Crippen molar-refractivity contribution >= 4 is 17.5 Å². The van der Waals surface area contributed by atoms with Gasteiger partial charge in [-0.1, -0.05) is 6.42 Å². The number of esters is 1. The molecule has 1 aromatic rings. The van der Waals surface area contributed by atoms with Crippen LogP contribution in [0, 0.1) is 0 Å². The number of nitrogens with one attached hydrogen (secondary N) is 1. The lowest BCUT2D eigenvalue weighted by atomic mass is 10.2. The van der Waals surface area contributed by atoms with Crippen LogP contribution in [0.3, 0.4) is 0 Å². The highest BCUT2D eigenvalue weighted by Gasteiger charge is 1.98. The molecule has 0 fully saturated rings. The second-order valence-corrected chi connectivity index (χ2v) is 4.12. The molecule has 0 bridgehead atoms. The highest BCUT2D eigenvalue weighted by atomic mass is 16.5. The summed E-state index contributed by atoms with van der Waals surface area (Å²) in [4.78, 5) is 14.7. The summed E-state index contributed by atoms with van der Waals surface area (Å²) >= 11 is 0. The Morgan fingerprint density at radius 2 is 2.17 bits per heavy atom. The number of pyridine rings is 1. The van der Waals surface area contributed by atoms with Crippen LogP contribution < -0.4 is 11.1 Å². The molecule has 0 spiro atoms. The van der Waals surface area contributed by atoms with Crippen molar-refractivity contribution in [2.75, 3.05) is 24.2 Å². The summed E-state index contributed by atoms with van der Waals surface area (Å²) in [7, 11) is 0. The minimum absolute atomic E-state index is 0.206. The standard InChI is InChI=1S/C13H21N3O2/c1-11(17)18-10-5-3-2-4-8-15-13-12(14)7-6-9-16-13/h6-7,9H,2-5,8,10,14H2,1H3,(H,15,16). The first-order valence-corrected chi connectivity index (χ1v) is 6.28. The Labute approximate surface area is 108 Å². The van der Waals surface area contributed by atoms with Crippen molar-refractivity contribution in [2.24, 2.45) is 0 Å². The van der Waals surface area contributed by atoms with E-state index in [2.05, 4.69) is 10.3 Å². The molecule has 0 aliphatic heterocycles. The van der Waals surface area contributed by atoms with Crippen LogP contribution in [0.2, 0.25) is 0 Å². The Morgan fingerprint density at radius 3 is 2.89 bits per heavy atom. The van der Waals surface area contributed by atoms with Gasteiger partial charge in [0.2, 0.25) is 0 Å². The molecule has 5 nitrogen and oxygen atoms in total. The first-order valence-electron chi connectivity index (χ1n) is 6.28. The molecule has 5 heteroatoms. The van der Waals surface area contributed by atoms with Gasteiger partial charge in [0, 0.05) is 19.7 Å². The third-order valence-electron chi connectivity index (χ3n) is 2.51. The largest absolute Gasteiger partial charge is 0.466 e. The molecule has 1 rings (SSSR count). The first kappa shape index (κ1) is 14.3. The van der Waals surface area contributed by atoms with Crippen molar-refractivity contribution in [3.05, 3.63) is 18.3 Å². The van der Waals surface area contributed by atoms with Crippen LogP contribution in [-0.2, 0) is 9.53 Å². The van der Waals surface area contributed by atoms with Crippen molar-refractivity contribution in [1.29, 1.82) is 0 Å². The van der Waals surface area contributed by atoms with E-state index in [0.717, 1.165) is 38.0 Å². The molecular weight excluding hydrogens is 230 g/mol. The van der Waals surface area contributed by atoms with Gasteiger partial charge in [-0.05, 0) is 31.4 Å². The van der Waals surface area contributed by atoms with E-state index in [1.807, 2.05) is 12.1 Å². The van der Waals surface area contributed by atoms with Gasteiger partial charge in [0.25, 0.3) is 0 Å². The van der Waals surface area contributed by atoms with E-state index in [9.17, 15) is 4.79 Å². The van der Waals surface area contributed by atoms with Crippen LogP contribution in [0.25, 0.3) is 0 Å². The summed E-state index contributed by atoms with van der Waals surface area (Å²) in [6, 6.07) is 3.64. The van der Waals surface area contributed by atoms with Crippen LogP contribution in [0.15, 0.2) is 18.3 Å². The molecule has 0 aromatic carbocycles. The number of rotatable bonds is 8. The smallest absolute Gasteiger partial charge is 0.302 e. The van der Waals surface area contributed by atoms with Crippen molar-refractivity contribution in [1.82, 2.24) is 4.98 Å². The van der Waals surface area contributed by atoms with E-state index in [0.29, 0.717) is 12.3 Å². The van der Waals surface area contributed by atoms with Gasteiger partial charge in [0.15, 0.2) is 0 Å². The Hall–Kier alpha value is -1.78. The monoisotopic (exact) mass is 251 g/mol. The highest BCUT2D eigenvalue weighted by Crippen LogP contribution is 2.12. The normalized spacial score (nSPS) is 10.1. The maximum Gasteiger partial charge on any atom is 0.302 e. The van der Waals surface area contributed by atoms with Crippen LogP contribution >= 0.6 is 0 Å². The molecule has 1 heterocycles. The van der Waals surface area contributed by atoms with E-state index in [-0.39, 0.29) is 5.97 Å². The molecular formula is C13H21N3O2. The number of carbonyl (C=O) groups excluding carboxylic acids is 1. The summed E-state index contributed by atoms with van der Waals surface area (Å²) in [5.74, 6) is 0.541. The number of nitrogens with two attached hydrogens (primary N) is 1. The Morgan fingerprint density at radius 1 is 1.39 bits per heavy atom. The fourth-order valence-electron chi connectivity index (χ4n) is 1.57. The lowest BCUT2D eigenvalue weighted by Crippen LogP contribution is -2.06. The third kappa shape index (κ3) is 6.08. The fourth-order valence-corrected chi connectivity index (χ4v) is 1.57. The molecule has 1 aromatic heterocycles. The Kier molecular flexibility index (Phi) is 6.61. The van der Waals surface area contributed by atoms with Gasteiger partial charge in [-0.25, -0.2) is 4.98 Å². The van der Waals surface area contributed by atoms with Gasteiger partial charge in [-0.2, -0.15) is 0 Å².